The molecule has 1 aliphatic rings. The van der Waals surface area contributed by atoms with E-state index in [-0.39, 0.29) is 19.0 Å². The normalized spacial score (nSPS) is 18.1. The van der Waals surface area contributed by atoms with Crippen molar-refractivity contribution in [2.75, 3.05) is 26.3 Å². The number of thiophene rings is 1. The van der Waals surface area contributed by atoms with Gasteiger partial charge in [-0.2, -0.15) is 0 Å². The highest BCUT2D eigenvalue weighted by molar-refractivity contribution is 7.20. The summed E-state index contributed by atoms with van der Waals surface area (Å²) in [6, 6.07) is 4.31. The number of ether oxygens (including phenoxy) is 4. The maximum absolute atomic E-state index is 14.0. The lowest BCUT2D eigenvalue weighted by atomic mass is 10.2. The van der Waals surface area contributed by atoms with E-state index in [0.717, 1.165) is 18.4 Å². The van der Waals surface area contributed by atoms with Crippen LogP contribution in [0.5, 0.6) is 5.75 Å². The fourth-order valence-electron chi connectivity index (χ4n) is 3.78. The molecule has 8 nitrogen and oxygen atoms in total. The topological polar surface area (TPSA) is 91.8 Å². The second-order valence-corrected chi connectivity index (χ2v) is 8.46. The average molecular weight is 462 g/mol. The number of carbonyl (C=O) groups is 1. The second kappa shape index (κ2) is 9.76. The molecule has 32 heavy (non-hydrogen) atoms. The Morgan fingerprint density at radius 3 is 2.84 bits per heavy atom. The SMILES string of the molecule is COCO[C@H]1CC[C@H](Oc2cc(F)ccc2Nc2ncnc3sc(C(=O)OC)c(C)c23)C1. The summed E-state index contributed by atoms with van der Waals surface area (Å²) in [4.78, 5) is 21.8. The summed E-state index contributed by atoms with van der Waals surface area (Å²) in [5, 5.41) is 3.94. The lowest BCUT2D eigenvalue weighted by molar-refractivity contribution is -0.0709. The number of nitrogens with zero attached hydrogens (tertiary/aromatic N) is 2. The van der Waals surface area contributed by atoms with E-state index in [1.54, 1.807) is 13.2 Å². The van der Waals surface area contributed by atoms with Gasteiger partial charge in [-0.05, 0) is 37.5 Å². The summed E-state index contributed by atoms with van der Waals surface area (Å²) in [7, 11) is 2.92. The van der Waals surface area contributed by atoms with Crippen LogP contribution in [0, 0.1) is 12.7 Å². The number of benzene rings is 1. The fourth-order valence-corrected chi connectivity index (χ4v) is 4.85. The molecule has 2 aromatic heterocycles. The minimum absolute atomic E-state index is 0.0524. The van der Waals surface area contributed by atoms with E-state index in [0.29, 0.717) is 38.8 Å². The van der Waals surface area contributed by atoms with Gasteiger partial charge in [-0.1, -0.05) is 0 Å². The average Bonchev–Trinajstić information content (AvgIpc) is 3.38. The largest absolute Gasteiger partial charge is 0.488 e. The van der Waals surface area contributed by atoms with Gasteiger partial charge >= 0.3 is 5.97 Å². The van der Waals surface area contributed by atoms with Crippen molar-refractivity contribution in [1.82, 2.24) is 9.97 Å². The molecule has 0 amide bonds. The predicted molar refractivity (Wildman–Crippen MR) is 118 cm³/mol. The number of anilines is 2. The van der Waals surface area contributed by atoms with Crippen LogP contribution in [-0.4, -0.2) is 49.2 Å². The Balaban J connectivity index is 1.60. The van der Waals surface area contributed by atoms with Gasteiger partial charge in [-0.3, -0.25) is 0 Å². The number of aromatic nitrogens is 2. The minimum atomic E-state index is -0.422. The first kappa shape index (κ1) is 22.4. The lowest BCUT2D eigenvalue weighted by Crippen LogP contribution is -2.16. The summed E-state index contributed by atoms with van der Waals surface area (Å²) in [6.45, 7) is 2.06. The summed E-state index contributed by atoms with van der Waals surface area (Å²) in [6.07, 6.45) is 3.72. The Morgan fingerprint density at radius 1 is 1.25 bits per heavy atom. The van der Waals surface area contributed by atoms with Gasteiger partial charge in [0.2, 0.25) is 0 Å². The van der Waals surface area contributed by atoms with Crippen molar-refractivity contribution in [3.63, 3.8) is 0 Å². The second-order valence-electron chi connectivity index (χ2n) is 7.46. The van der Waals surface area contributed by atoms with Gasteiger partial charge in [-0.15, -0.1) is 11.3 Å². The number of rotatable bonds is 8. The summed E-state index contributed by atoms with van der Waals surface area (Å²) >= 11 is 1.24. The van der Waals surface area contributed by atoms with E-state index in [4.69, 9.17) is 18.9 Å². The Kier molecular flexibility index (Phi) is 6.83. The van der Waals surface area contributed by atoms with Crippen LogP contribution >= 0.6 is 11.3 Å². The first-order valence-corrected chi connectivity index (χ1v) is 11.0. The van der Waals surface area contributed by atoms with E-state index in [1.165, 1.54) is 36.9 Å². The van der Waals surface area contributed by atoms with Crippen molar-refractivity contribution in [3.8, 4) is 5.75 Å². The third-order valence-corrected chi connectivity index (χ3v) is 6.53. The van der Waals surface area contributed by atoms with Crippen LogP contribution < -0.4 is 10.1 Å². The van der Waals surface area contributed by atoms with E-state index in [2.05, 4.69) is 15.3 Å². The van der Waals surface area contributed by atoms with Crippen LogP contribution in [0.25, 0.3) is 10.2 Å². The van der Waals surface area contributed by atoms with Gasteiger partial charge in [0.05, 0.1) is 24.3 Å². The number of hydrogen-bond acceptors (Lipinski definition) is 9. The monoisotopic (exact) mass is 461 g/mol. The van der Waals surface area contributed by atoms with Crippen molar-refractivity contribution in [3.05, 3.63) is 40.8 Å². The molecular weight excluding hydrogens is 437 g/mol. The van der Waals surface area contributed by atoms with Gasteiger partial charge in [0.25, 0.3) is 0 Å². The van der Waals surface area contributed by atoms with Crippen molar-refractivity contribution in [2.45, 2.75) is 38.4 Å². The summed E-state index contributed by atoms with van der Waals surface area (Å²) in [5.74, 6) is 0.0651. The highest BCUT2D eigenvalue weighted by atomic mass is 32.1. The quantitative estimate of drug-likeness (QED) is 0.385. The Hall–Kier alpha value is -2.82. The molecule has 0 bridgehead atoms. The molecule has 0 saturated heterocycles. The number of halogens is 1. The van der Waals surface area contributed by atoms with Gasteiger partial charge in [0, 0.05) is 19.6 Å². The van der Waals surface area contributed by atoms with Crippen molar-refractivity contribution in [1.29, 1.82) is 0 Å². The van der Waals surface area contributed by atoms with E-state index in [1.807, 2.05) is 6.92 Å². The van der Waals surface area contributed by atoms with E-state index < -0.39 is 11.8 Å². The molecule has 1 aromatic carbocycles. The van der Waals surface area contributed by atoms with E-state index in [9.17, 15) is 9.18 Å². The van der Waals surface area contributed by atoms with Crippen LogP contribution in [0.15, 0.2) is 24.5 Å². The zero-order valence-electron chi connectivity index (χ0n) is 18.0. The first-order chi connectivity index (χ1) is 15.5. The summed E-state index contributed by atoms with van der Waals surface area (Å²) in [5.41, 5.74) is 1.29. The number of fused-ring (bicyclic) bond motifs is 1. The van der Waals surface area contributed by atoms with Crippen molar-refractivity contribution in [2.24, 2.45) is 0 Å². The third-order valence-electron chi connectivity index (χ3n) is 5.35. The molecule has 0 radical (unpaired) electrons. The standard InChI is InChI=1S/C22H24FN3O5S/c1-12-18-20(24-10-25-21(18)32-19(12)22(27)29-3)26-16-7-4-13(23)8-17(16)31-15-6-5-14(9-15)30-11-28-2/h4,7-8,10,14-15H,5-6,9,11H2,1-3H3,(H,24,25,26)/t14-,15-/m0/s1. The molecule has 4 rings (SSSR count). The number of carbonyl (C=O) groups excluding carboxylic acids is 1. The minimum Gasteiger partial charge on any atom is -0.488 e. The molecule has 2 atom stereocenters. The molecule has 0 unspecified atom stereocenters. The van der Waals surface area contributed by atoms with Crippen molar-refractivity contribution >= 4 is 39.0 Å². The first-order valence-electron chi connectivity index (χ1n) is 10.2. The van der Waals surface area contributed by atoms with Gasteiger partial charge in [0.1, 0.15) is 46.3 Å². The molecule has 0 aliphatic heterocycles. The number of nitrogens with one attached hydrogen (secondary N) is 1. The zero-order chi connectivity index (χ0) is 22.7. The highest BCUT2D eigenvalue weighted by Crippen LogP contribution is 2.38. The number of methoxy groups -OCH3 is 2. The smallest absolute Gasteiger partial charge is 0.348 e. The fraction of sp³-hybridized carbons (Fsp3) is 0.409. The highest BCUT2D eigenvalue weighted by Gasteiger charge is 2.28. The molecular formula is C22H24FN3O5S. The maximum Gasteiger partial charge on any atom is 0.348 e. The molecule has 170 valence electrons. The molecule has 10 heteroatoms. The molecule has 1 N–H and O–H groups in total. The molecule has 1 aliphatic carbocycles. The molecule has 3 aromatic rings. The van der Waals surface area contributed by atoms with E-state index >= 15 is 0 Å². The van der Waals surface area contributed by atoms with Crippen LogP contribution in [0.4, 0.5) is 15.9 Å². The Bertz CT molecular complexity index is 1120. The van der Waals surface area contributed by atoms with Gasteiger partial charge < -0.3 is 24.3 Å². The van der Waals surface area contributed by atoms with Gasteiger partial charge in [-0.25, -0.2) is 19.2 Å². The number of aryl methyl sites for hydroxylation is 1. The lowest BCUT2D eigenvalue weighted by Gasteiger charge is -2.18. The van der Waals surface area contributed by atoms with Gasteiger partial charge in [0.15, 0.2) is 0 Å². The molecule has 1 saturated carbocycles. The molecule has 1 fully saturated rings. The van der Waals surface area contributed by atoms with Crippen LogP contribution in [0.3, 0.4) is 0 Å². The van der Waals surface area contributed by atoms with Crippen LogP contribution in [-0.2, 0) is 14.2 Å². The molecule has 2 heterocycles. The maximum atomic E-state index is 14.0. The third kappa shape index (κ3) is 4.67. The number of esters is 1. The van der Waals surface area contributed by atoms with Crippen LogP contribution in [0.2, 0.25) is 0 Å². The number of hydrogen-bond donors (Lipinski definition) is 1. The molecule has 0 spiro atoms. The predicted octanol–water partition coefficient (Wildman–Crippen LogP) is 4.59. The zero-order valence-corrected chi connectivity index (χ0v) is 18.8. The van der Waals surface area contributed by atoms with Crippen molar-refractivity contribution < 1.29 is 28.1 Å². The Labute approximate surface area is 188 Å². The summed E-state index contributed by atoms with van der Waals surface area (Å²) < 4.78 is 35.6. The Morgan fingerprint density at radius 2 is 2.06 bits per heavy atom. The van der Waals surface area contributed by atoms with Crippen LogP contribution in [0.1, 0.15) is 34.5 Å².